The lowest BCUT2D eigenvalue weighted by Gasteiger charge is -2.19. The van der Waals surface area contributed by atoms with Crippen molar-refractivity contribution < 1.29 is 9.53 Å². The molecule has 3 N–H and O–H groups in total. The number of fused-ring (bicyclic) bond motifs is 1. The number of unbranched alkanes of at least 4 members (excludes halogenated alkanes) is 2. The molecule has 0 heterocycles. The van der Waals surface area contributed by atoms with Crippen molar-refractivity contribution in [2.45, 2.75) is 51.4 Å². The van der Waals surface area contributed by atoms with Gasteiger partial charge >= 0.3 is 5.97 Å². The molecule has 134 valence electrons. The van der Waals surface area contributed by atoms with Gasteiger partial charge in [-0.3, -0.25) is 9.79 Å². The number of anilines is 1. The smallest absolute Gasteiger partial charge is 0.305 e. The summed E-state index contributed by atoms with van der Waals surface area (Å²) in [7, 11) is 1.42. The van der Waals surface area contributed by atoms with Crippen molar-refractivity contribution in [3.8, 4) is 0 Å². The van der Waals surface area contributed by atoms with Crippen molar-refractivity contribution in [2.24, 2.45) is 10.7 Å². The molecular weight excluding hydrogens is 417 g/mol. The summed E-state index contributed by atoms with van der Waals surface area (Å²) in [6.45, 7) is 0.676. The zero-order chi connectivity index (χ0) is 16.5. The quantitative estimate of drug-likeness (QED) is 0.221. The first-order valence-corrected chi connectivity index (χ1v) is 8.45. The van der Waals surface area contributed by atoms with E-state index in [2.05, 4.69) is 33.2 Å². The van der Waals surface area contributed by atoms with Crippen LogP contribution in [0, 0.1) is 0 Å². The Labute approximate surface area is 161 Å². The van der Waals surface area contributed by atoms with Crippen molar-refractivity contribution in [1.29, 1.82) is 0 Å². The highest BCUT2D eigenvalue weighted by Crippen LogP contribution is 2.27. The van der Waals surface area contributed by atoms with E-state index in [0.29, 0.717) is 18.9 Å². The van der Waals surface area contributed by atoms with Crippen LogP contribution in [0.1, 0.15) is 49.7 Å². The van der Waals surface area contributed by atoms with Gasteiger partial charge in [0.1, 0.15) is 0 Å². The fraction of sp³-hybridized carbons (Fsp3) is 0.556. The number of hydrogen-bond acceptors (Lipinski definition) is 3. The molecule has 0 bridgehead atoms. The summed E-state index contributed by atoms with van der Waals surface area (Å²) in [5, 5.41) is 3.24. The Hall–Kier alpha value is -1.31. The maximum Gasteiger partial charge on any atom is 0.305 e. The van der Waals surface area contributed by atoms with Crippen LogP contribution in [-0.2, 0) is 22.4 Å². The third kappa shape index (κ3) is 6.67. The fourth-order valence-electron chi connectivity index (χ4n) is 2.94. The lowest BCUT2D eigenvalue weighted by Crippen LogP contribution is -2.24. The van der Waals surface area contributed by atoms with Crippen molar-refractivity contribution in [1.82, 2.24) is 0 Å². The second-order valence-corrected chi connectivity index (χ2v) is 5.93. The summed E-state index contributed by atoms with van der Waals surface area (Å²) in [6.07, 6.45) is 7.96. The Kier molecular flexibility index (Phi) is 9.75. The van der Waals surface area contributed by atoms with E-state index in [1.807, 2.05) is 0 Å². The second kappa shape index (κ2) is 11.3. The Morgan fingerprint density at radius 2 is 2.04 bits per heavy atom. The molecule has 0 spiro atoms. The number of carbonyl (C=O) groups excluding carboxylic acids is 1. The molecule has 24 heavy (non-hydrogen) atoms. The summed E-state index contributed by atoms with van der Waals surface area (Å²) in [5.74, 6) is 0.320. The minimum absolute atomic E-state index is 0. The summed E-state index contributed by atoms with van der Waals surface area (Å²) in [5.41, 5.74) is 9.89. The number of esters is 1. The number of ether oxygens (including phenoxy) is 1. The first kappa shape index (κ1) is 20.7. The van der Waals surface area contributed by atoms with Crippen LogP contribution in [0.15, 0.2) is 23.2 Å². The highest BCUT2D eigenvalue weighted by Gasteiger charge is 2.12. The highest BCUT2D eigenvalue weighted by atomic mass is 127. The van der Waals surface area contributed by atoms with Gasteiger partial charge < -0.3 is 15.8 Å². The number of nitrogens with two attached hydrogens (primary N) is 1. The number of carbonyl (C=O) groups is 1. The molecule has 6 heteroatoms. The van der Waals surface area contributed by atoms with Crippen molar-refractivity contribution in [2.75, 3.05) is 19.0 Å². The molecule has 1 aliphatic rings. The Bertz CT molecular complexity index is 561. The number of halogens is 1. The molecule has 5 nitrogen and oxygen atoms in total. The number of methoxy groups -OCH3 is 1. The first-order chi connectivity index (χ1) is 11.2. The SMILES string of the molecule is COC(=O)CCCCCN=C(N)Nc1cccc2c1CCCC2.I. The predicted molar refractivity (Wildman–Crippen MR) is 109 cm³/mol. The standard InChI is InChI=1S/C18H27N3O2.HI/c1-23-17(22)12-3-2-6-13-20-18(19)21-16-11-7-9-14-8-4-5-10-15(14)16;/h7,9,11H,2-6,8,10,12-13H2,1H3,(H3,19,20,21);1H. The summed E-state index contributed by atoms with van der Waals surface area (Å²) in [4.78, 5) is 15.4. The van der Waals surface area contributed by atoms with Gasteiger partial charge in [0.15, 0.2) is 5.96 Å². The maximum absolute atomic E-state index is 11.0. The first-order valence-electron chi connectivity index (χ1n) is 8.45. The molecule has 0 fully saturated rings. The van der Waals surface area contributed by atoms with Crippen LogP contribution in [0.25, 0.3) is 0 Å². The van der Waals surface area contributed by atoms with Crippen LogP contribution in [-0.4, -0.2) is 25.6 Å². The van der Waals surface area contributed by atoms with Crippen LogP contribution < -0.4 is 11.1 Å². The molecule has 0 radical (unpaired) electrons. The van der Waals surface area contributed by atoms with Crippen molar-refractivity contribution in [3.63, 3.8) is 0 Å². The topological polar surface area (TPSA) is 76.7 Å². The van der Waals surface area contributed by atoms with E-state index in [-0.39, 0.29) is 29.9 Å². The molecule has 0 atom stereocenters. The lowest BCUT2D eigenvalue weighted by molar-refractivity contribution is -0.140. The summed E-state index contributed by atoms with van der Waals surface area (Å²) >= 11 is 0. The van der Waals surface area contributed by atoms with Gasteiger partial charge in [-0.1, -0.05) is 18.6 Å². The van der Waals surface area contributed by atoms with Crippen LogP contribution >= 0.6 is 24.0 Å². The van der Waals surface area contributed by atoms with Gasteiger partial charge in [-0.05, 0) is 55.7 Å². The summed E-state index contributed by atoms with van der Waals surface area (Å²) in [6, 6.07) is 6.35. The molecule has 0 saturated heterocycles. The number of aryl methyl sites for hydroxylation is 1. The zero-order valence-corrected chi connectivity index (χ0v) is 16.7. The fourth-order valence-corrected chi connectivity index (χ4v) is 2.94. The molecule has 1 aromatic rings. The Morgan fingerprint density at radius 1 is 1.25 bits per heavy atom. The van der Waals surface area contributed by atoms with Crippen molar-refractivity contribution in [3.05, 3.63) is 29.3 Å². The molecule has 0 amide bonds. The Balaban J connectivity index is 0.00000288. The number of hydrogen-bond donors (Lipinski definition) is 2. The van der Waals surface area contributed by atoms with E-state index >= 15 is 0 Å². The van der Waals surface area contributed by atoms with Gasteiger partial charge in [-0.15, -0.1) is 24.0 Å². The molecule has 0 aromatic heterocycles. The average molecular weight is 445 g/mol. The van der Waals surface area contributed by atoms with E-state index in [1.54, 1.807) is 0 Å². The van der Waals surface area contributed by atoms with Crippen LogP contribution in [0.4, 0.5) is 5.69 Å². The van der Waals surface area contributed by atoms with Gasteiger partial charge in [0, 0.05) is 18.7 Å². The lowest BCUT2D eigenvalue weighted by atomic mass is 9.90. The van der Waals surface area contributed by atoms with E-state index in [0.717, 1.165) is 37.8 Å². The van der Waals surface area contributed by atoms with Gasteiger partial charge in [0.05, 0.1) is 7.11 Å². The third-order valence-corrected chi connectivity index (χ3v) is 4.21. The molecule has 1 aromatic carbocycles. The number of nitrogens with zero attached hydrogens (tertiary/aromatic N) is 1. The Morgan fingerprint density at radius 3 is 2.83 bits per heavy atom. The molecular formula is C18H28IN3O2. The van der Waals surface area contributed by atoms with Gasteiger partial charge in [-0.25, -0.2) is 0 Å². The van der Waals surface area contributed by atoms with Gasteiger partial charge in [0.2, 0.25) is 0 Å². The number of guanidine groups is 1. The van der Waals surface area contributed by atoms with Crippen LogP contribution in [0.5, 0.6) is 0 Å². The van der Waals surface area contributed by atoms with Crippen molar-refractivity contribution >= 4 is 41.6 Å². The second-order valence-electron chi connectivity index (χ2n) is 5.93. The zero-order valence-electron chi connectivity index (χ0n) is 14.3. The van der Waals surface area contributed by atoms with E-state index in [9.17, 15) is 4.79 Å². The number of aliphatic imine (C=N–C) groups is 1. The normalized spacial score (nSPS) is 13.6. The molecule has 0 unspecified atom stereocenters. The average Bonchev–Trinajstić information content (AvgIpc) is 2.58. The molecule has 1 aliphatic carbocycles. The van der Waals surface area contributed by atoms with E-state index in [4.69, 9.17) is 5.73 Å². The third-order valence-electron chi connectivity index (χ3n) is 4.21. The van der Waals surface area contributed by atoms with E-state index in [1.165, 1.54) is 31.1 Å². The number of rotatable bonds is 7. The largest absolute Gasteiger partial charge is 0.469 e. The predicted octanol–water partition coefficient (Wildman–Crippen LogP) is 3.64. The summed E-state index contributed by atoms with van der Waals surface area (Å²) < 4.78 is 4.61. The van der Waals surface area contributed by atoms with Crippen LogP contribution in [0.2, 0.25) is 0 Å². The molecule has 0 saturated carbocycles. The van der Waals surface area contributed by atoms with Gasteiger partial charge in [0.25, 0.3) is 0 Å². The molecule has 0 aliphatic heterocycles. The number of benzene rings is 1. The van der Waals surface area contributed by atoms with Gasteiger partial charge in [-0.2, -0.15) is 0 Å². The minimum Gasteiger partial charge on any atom is -0.469 e. The monoisotopic (exact) mass is 445 g/mol. The number of nitrogens with one attached hydrogen (secondary N) is 1. The minimum atomic E-state index is -0.150. The molecule has 2 rings (SSSR count). The van der Waals surface area contributed by atoms with E-state index < -0.39 is 0 Å². The highest BCUT2D eigenvalue weighted by molar-refractivity contribution is 14.0. The van der Waals surface area contributed by atoms with Crippen LogP contribution in [0.3, 0.4) is 0 Å². The maximum atomic E-state index is 11.0.